The summed E-state index contributed by atoms with van der Waals surface area (Å²) in [6, 6.07) is 0. The van der Waals surface area contributed by atoms with Crippen LogP contribution in [-0.2, 0) is 0 Å². The number of quaternary nitrogens is 3. The van der Waals surface area contributed by atoms with Gasteiger partial charge in [-0.15, -0.1) is 0 Å². The Morgan fingerprint density at radius 2 is 0.833 bits per heavy atom. The molecule has 0 unspecified atom stereocenters. The molecule has 110 valence electrons. The van der Waals surface area contributed by atoms with Gasteiger partial charge < -0.3 is 18.6 Å². The van der Waals surface area contributed by atoms with E-state index in [2.05, 4.69) is 63.4 Å². The van der Waals surface area contributed by atoms with Crippen LogP contribution in [0.1, 0.15) is 0 Å². The summed E-state index contributed by atoms with van der Waals surface area (Å²) in [5.74, 6) is 0. The molecular weight excluding hydrogens is 226 g/mol. The highest BCUT2D eigenvalue weighted by molar-refractivity contribution is 4.78. The molecule has 0 aliphatic carbocycles. The average molecular weight is 262 g/mol. The number of aliphatic hydroxyl groups excluding tert-OH is 1. The zero-order valence-corrected chi connectivity index (χ0v) is 14.1. The lowest BCUT2D eigenvalue weighted by Crippen LogP contribution is -2.61. The Hall–Kier alpha value is -0.160. The summed E-state index contributed by atoms with van der Waals surface area (Å²) >= 11 is 0. The molecule has 0 atom stereocenters. The van der Waals surface area contributed by atoms with Crippen molar-refractivity contribution in [3.05, 3.63) is 0 Å². The molecular formula is C14H36N3O+3. The van der Waals surface area contributed by atoms with E-state index in [-0.39, 0.29) is 12.0 Å². The first-order chi connectivity index (χ1) is 7.68. The van der Waals surface area contributed by atoms with Crippen molar-refractivity contribution in [3.63, 3.8) is 0 Å². The minimum absolute atomic E-state index is 0.0330. The largest absolute Gasteiger partial charge is 0.395 e. The van der Waals surface area contributed by atoms with Crippen LogP contribution in [0.4, 0.5) is 0 Å². The molecule has 0 rings (SSSR count). The molecule has 4 nitrogen and oxygen atoms in total. The van der Waals surface area contributed by atoms with Crippen LogP contribution < -0.4 is 0 Å². The summed E-state index contributed by atoms with van der Waals surface area (Å²) in [6.45, 7) is 3.24. The van der Waals surface area contributed by atoms with E-state index in [1.807, 2.05) is 0 Å². The van der Waals surface area contributed by atoms with Crippen LogP contribution >= 0.6 is 0 Å². The molecule has 0 saturated carbocycles. The molecule has 0 aromatic rings. The predicted molar refractivity (Wildman–Crippen MR) is 78.2 cm³/mol. The minimum atomic E-state index is -0.0330. The Bertz CT molecular complexity index is 215. The number of nitrogens with zero attached hydrogens (tertiary/aromatic N) is 3. The highest BCUT2D eigenvalue weighted by atomic mass is 16.3. The van der Waals surface area contributed by atoms with Gasteiger partial charge in [-0.05, 0) is 0 Å². The van der Waals surface area contributed by atoms with E-state index in [1.54, 1.807) is 0 Å². The Morgan fingerprint density at radius 3 is 0.944 bits per heavy atom. The fraction of sp³-hybridized carbons (Fsp3) is 1.00. The van der Waals surface area contributed by atoms with E-state index < -0.39 is 0 Å². The van der Waals surface area contributed by atoms with Crippen molar-refractivity contribution in [2.45, 2.75) is 0 Å². The second-order valence-electron chi connectivity index (χ2n) is 9.00. The Labute approximate surface area is 114 Å². The molecule has 18 heavy (non-hydrogen) atoms. The van der Waals surface area contributed by atoms with Crippen molar-refractivity contribution in [2.75, 3.05) is 89.7 Å². The first-order valence-electron chi connectivity index (χ1n) is 6.70. The van der Waals surface area contributed by atoms with Gasteiger partial charge in [0, 0.05) is 0 Å². The lowest BCUT2D eigenvalue weighted by molar-refractivity contribution is -0.926. The first-order valence-corrected chi connectivity index (χ1v) is 6.70. The molecule has 0 radical (unpaired) electrons. The van der Waals surface area contributed by atoms with Gasteiger partial charge in [0.1, 0.15) is 5.41 Å². The van der Waals surface area contributed by atoms with E-state index in [1.165, 1.54) is 0 Å². The quantitative estimate of drug-likeness (QED) is 0.645. The standard InChI is InChI=1S/C14H36N3O/c1-15(2,3)10-14(13-18,11-16(4,5)6)12-17(7,8)9/h18H,10-13H2,1-9H3/q+3. The molecule has 0 fully saturated rings. The fourth-order valence-corrected chi connectivity index (χ4v) is 3.32. The van der Waals surface area contributed by atoms with Crippen LogP contribution in [0, 0.1) is 5.41 Å². The normalized spacial score (nSPS) is 15.0. The second kappa shape index (κ2) is 5.45. The zero-order chi connectivity index (χ0) is 14.8. The maximum atomic E-state index is 10.0. The summed E-state index contributed by atoms with van der Waals surface area (Å²) in [6.07, 6.45) is 0. The SMILES string of the molecule is C[N+](C)(C)CC(CO)(C[N+](C)(C)C)C[N+](C)(C)C. The molecule has 0 spiro atoms. The van der Waals surface area contributed by atoms with Gasteiger partial charge in [-0.2, -0.15) is 0 Å². The Morgan fingerprint density at radius 1 is 0.611 bits per heavy atom. The number of aliphatic hydroxyl groups is 1. The van der Waals surface area contributed by atoms with E-state index in [0.29, 0.717) is 0 Å². The Balaban J connectivity index is 5.20. The first kappa shape index (κ1) is 17.8. The van der Waals surface area contributed by atoms with Gasteiger partial charge in [0.2, 0.25) is 0 Å². The van der Waals surface area contributed by atoms with E-state index in [9.17, 15) is 5.11 Å². The van der Waals surface area contributed by atoms with Crippen LogP contribution in [0.3, 0.4) is 0 Å². The van der Waals surface area contributed by atoms with Crippen LogP contribution in [0.5, 0.6) is 0 Å². The van der Waals surface area contributed by atoms with Gasteiger partial charge in [0.05, 0.1) is 89.7 Å². The van der Waals surface area contributed by atoms with Gasteiger partial charge >= 0.3 is 0 Å². The van der Waals surface area contributed by atoms with Crippen molar-refractivity contribution < 1.29 is 18.6 Å². The predicted octanol–water partition coefficient (Wildman–Crippen LogP) is 0.0837. The van der Waals surface area contributed by atoms with Crippen LogP contribution in [0.15, 0.2) is 0 Å². The van der Waals surface area contributed by atoms with E-state index in [0.717, 1.165) is 33.1 Å². The lowest BCUT2D eigenvalue weighted by Gasteiger charge is -2.44. The van der Waals surface area contributed by atoms with E-state index >= 15 is 0 Å². The molecule has 0 aliphatic heterocycles. The fourth-order valence-electron chi connectivity index (χ4n) is 3.32. The topological polar surface area (TPSA) is 20.2 Å². The monoisotopic (exact) mass is 262 g/mol. The number of hydrogen-bond acceptors (Lipinski definition) is 1. The zero-order valence-electron chi connectivity index (χ0n) is 14.1. The maximum absolute atomic E-state index is 10.0. The lowest BCUT2D eigenvalue weighted by atomic mass is 9.85. The molecule has 0 bridgehead atoms. The average Bonchev–Trinajstić information content (AvgIpc) is 1.93. The molecule has 0 aliphatic rings. The summed E-state index contributed by atoms with van der Waals surface area (Å²) in [5, 5.41) is 10.0. The van der Waals surface area contributed by atoms with Crippen LogP contribution in [0.25, 0.3) is 0 Å². The number of rotatable bonds is 7. The molecule has 0 aromatic carbocycles. The number of hydrogen-bond donors (Lipinski definition) is 1. The van der Waals surface area contributed by atoms with Gasteiger partial charge in [0.15, 0.2) is 0 Å². The highest BCUT2D eigenvalue weighted by Gasteiger charge is 2.44. The molecule has 0 heterocycles. The third-order valence-corrected chi connectivity index (χ3v) is 2.76. The third kappa shape index (κ3) is 8.03. The summed E-state index contributed by atoms with van der Waals surface area (Å²) in [7, 11) is 19.8. The molecule has 4 heteroatoms. The summed E-state index contributed by atoms with van der Waals surface area (Å²) in [4.78, 5) is 0. The van der Waals surface area contributed by atoms with Crippen molar-refractivity contribution in [2.24, 2.45) is 5.41 Å². The van der Waals surface area contributed by atoms with Crippen molar-refractivity contribution in [1.82, 2.24) is 0 Å². The summed E-state index contributed by atoms with van der Waals surface area (Å²) in [5.41, 5.74) is -0.0330. The van der Waals surface area contributed by atoms with Crippen molar-refractivity contribution in [3.8, 4) is 0 Å². The van der Waals surface area contributed by atoms with Gasteiger partial charge in [0.25, 0.3) is 0 Å². The van der Waals surface area contributed by atoms with Crippen molar-refractivity contribution >= 4 is 0 Å². The van der Waals surface area contributed by atoms with E-state index in [4.69, 9.17) is 0 Å². The molecule has 1 N–H and O–H groups in total. The van der Waals surface area contributed by atoms with Gasteiger partial charge in [-0.25, -0.2) is 0 Å². The smallest absolute Gasteiger partial charge is 0.140 e. The highest BCUT2D eigenvalue weighted by Crippen LogP contribution is 2.25. The van der Waals surface area contributed by atoms with Crippen molar-refractivity contribution in [1.29, 1.82) is 0 Å². The molecule has 0 saturated heterocycles. The van der Waals surface area contributed by atoms with Crippen LogP contribution in [-0.4, -0.2) is 108 Å². The second-order valence-corrected chi connectivity index (χ2v) is 9.00. The third-order valence-electron chi connectivity index (χ3n) is 2.76. The van der Waals surface area contributed by atoms with Gasteiger partial charge in [-0.1, -0.05) is 0 Å². The Kier molecular flexibility index (Phi) is 5.40. The summed E-state index contributed by atoms with van der Waals surface area (Å²) < 4.78 is 2.67. The van der Waals surface area contributed by atoms with Crippen LogP contribution in [0.2, 0.25) is 0 Å². The molecule has 0 aromatic heterocycles. The minimum Gasteiger partial charge on any atom is -0.395 e. The van der Waals surface area contributed by atoms with Gasteiger partial charge in [-0.3, -0.25) is 0 Å². The maximum Gasteiger partial charge on any atom is 0.140 e. The molecule has 0 amide bonds.